The normalized spacial score (nSPS) is 22.1. The fourth-order valence-corrected chi connectivity index (χ4v) is 4.67. The number of benzene rings is 2. The van der Waals surface area contributed by atoms with Crippen molar-refractivity contribution in [2.45, 2.75) is 39.3 Å². The number of ether oxygens (including phenoxy) is 2. The van der Waals surface area contributed by atoms with Crippen LogP contribution in [0.1, 0.15) is 41.4 Å². The van der Waals surface area contributed by atoms with Crippen molar-refractivity contribution in [3.63, 3.8) is 0 Å². The van der Waals surface area contributed by atoms with Crippen molar-refractivity contribution >= 4 is 27.5 Å². The molecule has 1 unspecified atom stereocenters. The van der Waals surface area contributed by atoms with Crippen LogP contribution >= 0.6 is 0 Å². The van der Waals surface area contributed by atoms with Crippen molar-refractivity contribution in [3.05, 3.63) is 41.2 Å². The lowest BCUT2D eigenvalue weighted by atomic mass is 9.95. The van der Waals surface area contributed by atoms with Crippen LogP contribution in [0, 0.1) is 6.92 Å². The molecule has 2 aliphatic heterocycles. The molecule has 3 aromatic rings. The number of carbonyl (C=O) groups excluding carboxylic acids is 1. The highest BCUT2D eigenvalue weighted by atomic mass is 16.5. The summed E-state index contributed by atoms with van der Waals surface area (Å²) in [7, 11) is 0. The van der Waals surface area contributed by atoms with Gasteiger partial charge in [0.15, 0.2) is 5.78 Å². The summed E-state index contributed by atoms with van der Waals surface area (Å²) < 4.78 is 18.2. The van der Waals surface area contributed by atoms with Gasteiger partial charge in [-0.15, -0.1) is 0 Å². The SMILES string of the molecule is CC(=O)c1c(C)oc2c1c1c(c3ccccc32)OC[NH+](C[C@H]2CCCO2)C1. The second-order valence-electron chi connectivity index (χ2n) is 7.70. The Bertz CT molecular complexity index is 1050. The molecular formula is C22H24NO4+. The fraction of sp³-hybridized carbons (Fsp3) is 0.409. The molecule has 1 fully saturated rings. The minimum atomic E-state index is 0.0370. The van der Waals surface area contributed by atoms with E-state index in [1.54, 1.807) is 6.92 Å². The van der Waals surface area contributed by atoms with Gasteiger partial charge in [0.25, 0.3) is 0 Å². The lowest BCUT2D eigenvalue weighted by Gasteiger charge is -2.29. The second-order valence-corrected chi connectivity index (χ2v) is 7.70. The first kappa shape index (κ1) is 16.8. The first-order chi connectivity index (χ1) is 13.1. The van der Waals surface area contributed by atoms with Crippen molar-refractivity contribution in [1.82, 2.24) is 0 Å². The standard InChI is InChI=1S/C22H23NO4/c1-13(24)19-14(2)27-22-17-8-4-3-7-16(17)21-18(20(19)22)11-23(12-26-21)10-15-6-5-9-25-15/h3-4,7-8,15H,5-6,9-12H2,1-2H3/p+1/t15-/m1/s1. The third kappa shape index (κ3) is 2.65. The molecule has 5 heteroatoms. The Morgan fingerprint density at radius 3 is 2.81 bits per heavy atom. The molecule has 0 spiro atoms. The summed E-state index contributed by atoms with van der Waals surface area (Å²) in [6.07, 6.45) is 2.56. The van der Waals surface area contributed by atoms with Crippen LogP contribution in [-0.2, 0) is 11.3 Å². The molecule has 1 N–H and O–H groups in total. The van der Waals surface area contributed by atoms with E-state index in [-0.39, 0.29) is 5.78 Å². The van der Waals surface area contributed by atoms with Gasteiger partial charge in [0.05, 0.1) is 11.1 Å². The quantitative estimate of drug-likeness (QED) is 0.724. The van der Waals surface area contributed by atoms with Gasteiger partial charge in [0.2, 0.25) is 6.73 Å². The van der Waals surface area contributed by atoms with E-state index in [0.717, 1.165) is 65.6 Å². The van der Waals surface area contributed by atoms with Crippen molar-refractivity contribution < 1.29 is 23.6 Å². The van der Waals surface area contributed by atoms with E-state index in [9.17, 15) is 4.79 Å². The van der Waals surface area contributed by atoms with Gasteiger partial charge in [-0.2, -0.15) is 0 Å². The van der Waals surface area contributed by atoms with Gasteiger partial charge in [-0.1, -0.05) is 24.3 Å². The average Bonchev–Trinajstić information content (AvgIpc) is 3.29. The minimum Gasteiger partial charge on any atom is -0.460 e. The number of aryl methyl sites for hydroxylation is 1. The zero-order valence-electron chi connectivity index (χ0n) is 15.8. The number of rotatable bonds is 3. The minimum absolute atomic E-state index is 0.0370. The maximum Gasteiger partial charge on any atom is 0.222 e. The Morgan fingerprint density at radius 2 is 2.07 bits per heavy atom. The molecule has 1 saturated heterocycles. The number of hydrogen-bond acceptors (Lipinski definition) is 4. The van der Waals surface area contributed by atoms with Crippen LogP contribution in [0.3, 0.4) is 0 Å². The first-order valence-electron chi connectivity index (χ1n) is 9.69. The Hall–Kier alpha value is -2.37. The topological polar surface area (TPSA) is 53.1 Å². The molecule has 0 aliphatic carbocycles. The summed E-state index contributed by atoms with van der Waals surface area (Å²) in [5, 5.41) is 2.99. The zero-order valence-corrected chi connectivity index (χ0v) is 15.8. The molecule has 2 aliphatic rings. The van der Waals surface area contributed by atoms with Crippen molar-refractivity contribution in [3.8, 4) is 5.75 Å². The maximum atomic E-state index is 12.4. The Morgan fingerprint density at radius 1 is 1.26 bits per heavy atom. The first-order valence-corrected chi connectivity index (χ1v) is 9.69. The van der Waals surface area contributed by atoms with E-state index in [1.807, 2.05) is 25.1 Å². The van der Waals surface area contributed by atoms with Gasteiger partial charge in [-0.25, -0.2) is 0 Å². The lowest BCUT2D eigenvalue weighted by Crippen LogP contribution is -3.13. The number of nitrogens with one attached hydrogen (secondary N) is 1. The van der Waals surface area contributed by atoms with E-state index in [1.165, 1.54) is 4.90 Å². The van der Waals surface area contributed by atoms with E-state index >= 15 is 0 Å². The third-order valence-corrected chi connectivity index (χ3v) is 5.82. The average molecular weight is 366 g/mol. The van der Waals surface area contributed by atoms with Crippen LogP contribution in [-0.4, -0.2) is 31.8 Å². The molecule has 5 rings (SSSR count). The zero-order chi connectivity index (χ0) is 18.5. The highest BCUT2D eigenvalue weighted by Crippen LogP contribution is 2.42. The van der Waals surface area contributed by atoms with Gasteiger partial charge >= 0.3 is 0 Å². The van der Waals surface area contributed by atoms with E-state index < -0.39 is 0 Å². The second kappa shape index (κ2) is 6.36. The van der Waals surface area contributed by atoms with Gasteiger partial charge < -0.3 is 13.9 Å². The summed E-state index contributed by atoms with van der Waals surface area (Å²) in [5.41, 5.74) is 2.58. The Kier molecular flexibility index (Phi) is 3.95. The molecular weight excluding hydrogens is 342 g/mol. The molecule has 0 radical (unpaired) electrons. The number of ketones is 1. The van der Waals surface area contributed by atoms with Crippen LogP contribution in [0.5, 0.6) is 5.75 Å². The van der Waals surface area contributed by atoms with Gasteiger partial charge in [0.1, 0.15) is 36.3 Å². The lowest BCUT2D eigenvalue weighted by molar-refractivity contribution is -0.935. The number of furan rings is 1. The molecule has 3 heterocycles. The predicted octanol–water partition coefficient (Wildman–Crippen LogP) is 3.01. The Labute approximate surface area is 157 Å². The van der Waals surface area contributed by atoms with Crippen LogP contribution in [0.4, 0.5) is 0 Å². The molecule has 5 nitrogen and oxygen atoms in total. The number of Topliss-reactive ketones (excluding diaryl/α,β-unsaturated/α-hetero) is 1. The van der Waals surface area contributed by atoms with Gasteiger partial charge in [-0.05, 0) is 26.7 Å². The summed E-state index contributed by atoms with van der Waals surface area (Å²) in [5.74, 6) is 1.62. The van der Waals surface area contributed by atoms with Crippen LogP contribution in [0.2, 0.25) is 0 Å². The molecule has 2 aromatic carbocycles. The number of quaternary nitrogens is 1. The van der Waals surface area contributed by atoms with Crippen LogP contribution in [0.25, 0.3) is 21.7 Å². The summed E-state index contributed by atoms with van der Waals surface area (Å²) in [4.78, 5) is 13.7. The van der Waals surface area contributed by atoms with Gasteiger partial charge in [-0.3, -0.25) is 9.69 Å². The molecule has 1 aromatic heterocycles. The van der Waals surface area contributed by atoms with Crippen LogP contribution < -0.4 is 9.64 Å². The third-order valence-electron chi connectivity index (χ3n) is 5.82. The highest BCUT2D eigenvalue weighted by Gasteiger charge is 2.32. The largest absolute Gasteiger partial charge is 0.460 e. The molecule has 0 saturated carbocycles. The Balaban J connectivity index is 1.70. The number of fused-ring (bicyclic) bond motifs is 6. The summed E-state index contributed by atoms with van der Waals surface area (Å²) in [6, 6.07) is 8.13. The van der Waals surface area contributed by atoms with Crippen molar-refractivity contribution in [2.24, 2.45) is 0 Å². The van der Waals surface area contributed by atoms with E-state index in [0.29, 0.717) is 24.2 Å². The molecule has 140 valence electrons. The summed E-state index contributed by atoms with van der Waals surface area (Å²) in [6.45, 7) is 6.71. The van der Waals surface area contributed by atoms with E-state index in [4.69, 9.17) is 13.9 Å². The van der Waals surface area contributed by atoms with Crippen molar-refractivity contribution in [2.75, 3.05) is 19.9 Å². The smallest absolute Gasteiger partial charge is 0.222 e. The number of hydrogen-bond donors (Lipinski definition) is 1. The van der Waals surface area contributed by atoms with E-state index in [2.05, 4.69) is 6.07 Å². The van der Waals surface area contributed by atoms with Crippen molar-refractivity contribution in [1.29, 1.82) is 0 Å². The van der Waals surface area contributed by atoms with Gasteiger partial charge in [0, 0.05) is 22.8 Å². The summed E-state index contributed by atoms with van der Waals surface area (Å²) >= 11 is 0. The number of carbonyl (C=O) groups is 1. The molecule has 0 amide bonds. The monoisotopic (exact) mass is 366 g/mol. The molecule has 27 heavy (non-hydrogen) atoms. The van der Waals surface area contributed by atoms with Crippen LogP contribution in [0.15, 0.2) is 28.7 Å². The maximum absolute atomic E-state index is 12.4. The molecule has 0 bridgehead atoms. The molecule has 2 atom stereocenters. The fourth-order valence-electron chi connectivity index (χ4n) is 4.67. The predicted molar refractivity (Wildman–Crippen MR) is 102 cm³/mol. The highest BCUT2D eigenvalue weighted by molar-refractivity contribution is 6.17.